The summed E-state index contributed by atoms with van der Waals surface area (Å²) in [4.78, 5) is 4.88. The molecule has 0 N–H and O–H groups in total. The van der Waals surface area contributed by atoms with Crippen molar-refractivity contribution >= 4 is 21.8 Å². The van der Waals surface area contributed by atoms with Crippen LogP contribution in [0.3, 0.4) is 0 Å². The molecule has 4 heteroatoms. The van der Waals surface area contributed by atoms with Crippen LogP contribution in [0.4, 0.5) is 0 Å². The standard InChI is InChI=1S/C30H30N2O2/c1-2-23-16-18-25(19-17-23)33-21-8-7-20-32-28-14-6-5-13-27(28)31-30(32)22-34-29-15-9-11-24-10-3-4-12-26(24)29/h3-6,9-19H,2,7-8,20-22H2,1H3. The Kier molecular flexibility index (Phi) is 6.76. The lowest BCUT2D eigenvalue weighted by Gasteiger charge is -2.12. The first-order valence-corrected chi connectivity index (χ1v) is 12.1. The molecule has 4 nitrogen and oxygen atoms in total. The zero-order valence-electron chi connectivity index (χ0n) is 19.6. The van der Waals surface area contributed by atoms with E-state index >= 15 is 0 Å². The second-order valence-electron chi connectivity index (χ2n) is 8.49. The summed E-state index contributed by atoms with van der Waals surface area (Å²) < 4.78 is 14.5. The molecule has 172 valence electrons. The van der Waals surface area contributed by atoms with Gasteiger partial charge in [0.25, 0.3) is 0 Å². The van der Waals surface area contributed by atoms with Gasteiger partial charge in [0.15, 0.2) is 0 Å². The minimum Gasteiger partial charge on any atom is -0.494 e. The Balaban J connectivity index is 1.24. The van der Waals surface area contributed by atoms with E-state index in [1.807, 2.05) is 24.3 Å². The van der Waals surface area contributed by atoms with Crippen LogP contribution in [0.5, 0.6) is 11.5 Å². The van der Waals surface area contributed by atoms with E-state index in [9.17, 15) is 0 Å². The monoisotopic (exact) mass is 450 g/mol. The maximum Gasteiger partial charge on any atom is 0.147 e. The number of hydrogen-bond acceptors (Lipinski definition) is 3. The van der Waals surface area contributed by atoms with E-state index in [4.69, 9.17) is 14.5 Å². The van der Waals surface area contributed by atoms with Crippen LogP contribution in [0.25, 0.3) is 21.8 Å². The lowest BCUT2D eigenvalue weighted by Crippen LogP contribution is -2.09. The number of nitrogens with zero attached hydrogens (tertiary/aromatic N) is 2. The van der Waals surface area contributed by atoms with E-state index in [1.165, 1.54) is 10.9 Å². The molecule has 0 aliphatic rings. The van der Waals surface area contributed by atoms with E-state index < -0.39 is 0 Å². The Morgan fingerprint density at radius 1 is 0.765 bits per heavy atom. The van der Waals surface area contributed by atoms with Crippen molar-refractivity contribution in [1.82, 2.24) is 9.55 Å². The topological polar surface area (TPSA) is 36.3 Å². The van der Waals surface area contributed by atoms with Crippen LogP contribution in [0.2, 0.25) is 0 Å². The normalized spacial score (nSPS) is 11.2. The van der Waals surface area contributed by atoms with Crippen molar-refractivity contribution in [3.8, 4) is 11.5 Å². The summed E-state index contributed by atoms with van der Waals surface area (Å²) >= 11 is 0. The summed E-state index contributed by atoms with van der Waals surface area (Å²) in [7, 11) is 0. The number of fused-ring (bicyclic) bond motifs is 2. The number of ether oxygens (including phenoxy) is 2. The van der Waals surface area contributed by atoms with Gasteiger partial charge in [0.1, 0.15) is 23.9 Å². The molecule has 0 amide bonds. The van der Waals surface area contributed by atoms with Gasteiger partial charge in [-0.2, -0.15) is 0 Å². The van der Waals surface area contributed by atoms with Crippen molar-refractivity contribution in [3.05, 3.63) is 102 Å². The van der Waals surface area contributed by atoms with Crippen molar-refractivity contribution < 1.29 is 9.47 Å². The summed E-state index contributed by atoms with van der Waals surface area (Å²) in [6.07, 6.45) is 3.03. The van der Waals surface area contributed by atoms with Crippen molar-refractivity contribution in [3.63, 3.8) is 0 Å². The summed E-state index contributed by atoms with van der Waals surface area (Å²) in [5.41, 5.74) is 3.49. The molecule has 0 bridgehead atoms. The third-order valence-electron chi connectivity index (χ3n) is 6.22. The molecule has 0 radical (unpaired) electrons. The Labute approximate surface area is 200 Å². The van der Waals surface area contributed by atoms with Crippen molar-refractivity contribution in [2.75, 3.05) is 6.61 Å². The first-order valence-electron chi connectivity index (χ1n) is 12.1. The molecule has 0 atom stereocenters. The maximum absolute atomic E-state index is 6.27. The van der Waals surface area contributed by atoms with Crippen molar-refractivity contribution in [1.29, 1.82) is 0 Å². The Morgan fingerprint density at radius 2 is 1.56 bits per heavy atom. The number of hydrogen-bond donors (Lipinski definition) is 0. The summed E-state index contributed by atoms with van der Waals surface area (Å²) in [5.74, 6) is 2.78. The van der Waals surface area contributed by atoms with Crippen LogP contribution in [0.15, 0.2) is 91.0 Å². The van der Waals surface area contributed by atoms with Crippen molar-refractivity contribution in [2.45, 2.75) is 39.3 Å². The first-order chi connectivity index (χ1) is 16.8. The first kappa shape index (κ1) is 22.0. The molecule has 0 aliphatic heterocycles. The van der Waals surface area contributed by atoms with Crippen LogP contribution in [-0.2, 0) is 19.6 Å². The second kappa shape index (κ2) is 10.4. The van der Waals surface area contributed by atoms with Gasteiger partial charge in [-0.3, -0.25) is 0 Å². The molecule has 0 saturated carbocycles. The van der Waals surface area contributed by atoms with Gasteiger partial charge in [0.2, 0.25) is 0 Å². The summed E-state index contributed by atoms with van der Waals surface area (Å²) in [6.45, 7) is 4.19. The number of rotatable bonds is 10. The molecule has 0 fully saturated rings. The minimum atomic E-state index is 0.433. The minimum absolute atomic E-state index is 0.433. The number of aromatic nitrogens is 2. The zero-order chi connectivity index (χ0) is 23.2. The quantitative estimate of drug-likeness (QED) is 0.211. The van der Waals surface area contributed by atoms with Crippen molar-refractivity contribution in [2.24, 2.45) is 0 Å². The fraction of sp³-hybridized carbons (Fsp3) is 0.233. The Bertz CT molecular complexity index is 1370. The number of para-hydroxylation sites is 2. The molecular weight excluding hydrogens is 420 g/mol. The predicted octanol–water partition coefficient (Wildman–Crippen LogP) is 7.19. The maximum atomic E-state index is 6.27. The van der Waals surface area contributed by atoms with Gasteiger partial charge in [-0.05, 0) is 60.5 Å². The molecule has 1 aromatic heterocycles. The number of unbranched alkanes of at least 4 members (excludes halogenated alkanes) is 1. The van der Waals surface area contributed by atoms with Gasteiger partial charge < -0.3 is 14.0 Å². The SMILES string of the molecule is CCc1ccc(OCCCCn2c(COc3cccc4ccccc34)nc3ccccc32)cc1. The van der Waals surface area contributed by atoms with E-state index in [0.717, 1.165) is 59.6 Å². The molecule has 34 heavy (non-hydrogen) atoms. The van der Waals surface area contributed by atoms with Gasteiger partial charge in [-0.15, -0.1) is 0 Å². The fourth-order valence-electron chi connectivity index (χ4n) is 4.33. The molecule has 1 heterocycles. The largest absolute Gasteiger partial charge is 0.494 e. The highest BCUT2D eigenvalue weighted by Gasteiger charge is 2.12. The molecule has 0 aliphatic carbocycles. The van der Waals surface area contributed by atoms with Gasteiger partial charge in [-0.25, -0.2) is 4.98 Å². The lowest BCUT2D eigenvalue weighted by atomic mass is 10.1. The smallest absolute Gasteiger partial charge is 0.147 e. The summed E-state index contributed by atoms with van der Waals surface area (Å²) in [5, 5.41) is 2.30. The van der Waals surface area contributed by atoms with E-state index in [0.29, 0.717) is 13.2 Å². The number of imidazole rings is 1. The highest BCUT2D eigenvalue weighted by Crippen LogP contribution is 2.26. The van der Waals surface area contributed by atoms with Gasteiger partial charge in [0.05, 0.1) is 17.6 Å². The molecule has 5 aromatic rings. The van der Waals surface area contributed by atoms with E-state index in [-0.39, 0.29) is 0 Å². The number of aryl methyl sites for hydroxylation is 2. The fourth-order valence-corrected chi connectivity index (χ4v) is 4.33. The average Bonchev–Trinajstić information content (AvgIpc) is 3.25. The van der Waals surface area contributed by atoms with Gasteiger partial charge in [-0.1, -0.05) is 67.6 Å². The van der Waals surface area contributed by atoms with Gasteiger partial charge in [0, 0.05) is 11.9 Å². The van der Waals surface area contributed by atoms with Gasteiger partial charge >= 0.3 is 0 Å². The third kappa shape index (κ3) is 4.91. The zero-order valence-corrected chi connectivity index (χ0v) is 19.6. The Hall–Kier alpha value is -3.79. The van der Waals surface area contributed by atoms with Crippen LogP contribution < -0.4 is 9.47 Å². The predicted molar refractivity (Wildman–Crippen MR) is 139 cm³/mol. The van der Waals surface area contributed by atoms with Crippen LogP contribution >= 0.6 is 0 Å². The highest BCUT2D eigenvalue weighted by atomic mass is 16.5. The molecule has 5 rings (SSSR count). The van der Waals surface area contributed by atoms with E-state index in [2.05, 4.69) is 78.2 Å². The molecule has 0 unspecified atom stereocenters. The van der Waals surface area contributed by atoms with Crippen LogP contribution in [-0.4, -0.2) is 16.2 Å². The van der Waals surface area contributed by atoms with Crippen LogP contribution in [0.1, 0.15) is 31.2 Å². The highest BCUT2D eigenvalue weighted by molar-refractivity contribution is 5.88. The second-order valence-corrected chi connectivity index (χ2v) is 8.49. The van der Waals surface area contributed by atoms with Crippen LogP contribution in [0, 0.1) is 0 Å². The Morgan fingerprint density at radius 3 is 2.44 bits per heavy atom. The molecular formula is C30H30N2O2. The molecule has 4 aromatic carbocycles. The third-order valence-corrected chi connectivity index (χ3v) is 6.22. The van der Waals surface area contributed by atoms with E-state index in [1.54, 1.807) is 0 Å². The summed E-state index contributed by atoms with van der Waals surface area (Å²) in [6, 6.07) is 31.2. The molecule has 0 saturated heterocycles. The molecule has 0 spiro atoms. The lowest BCUT2D eigenvalue weighted by molar-refractivity contribution is 0.287. The number of benzene rings is 4. The average molecular weight is 451 g/mol.